The zero-order valence-electron chi connectivity index (χ0n) is 10.4. The third-order valence-corrected chi connectivity index (χ3v) is 2.91. The fourth-order valence-corrected chi connectivity index (χ4v) is 1.96. The van der Waals surface area contributed by atoms with Crippen molar-refractivity contribution in [1.82, 2.24) is 10.2 Å². The third-order valence-electron chi connectivity index (χ3n) is 2.91. The number of para-hydroxylation sites is 1. The van der Waals surface area contributed by atoms with Crippen molar-refractivity contribution >= 4 is 11.7 Å². The summed E-state index contributed by atoms with van der Waals surface area (Å²) in [7, 11) is 1.91. The van der Waals surface area contributed by atoms with Crippen molar-refractivity contribution in [2.75, 3.05) is 13.7 Å². The Bertz CT molecular complexity index is 667. The second-order valence-corrected chi connectivity index (χ2v) is 4.31. The number of nitrogens with two attached hydrogens (primary N) is 1. The molecular formula is C13H13N5O. The molecule has 96 valence electrons. The minimum atomic E-state index is 0.121. The zero-order chi connectivity index (χ0) is 13.4. The predicted molar refractivity (Wildman–Crippen MR) is 72.6 cm³/mol. The van der Waals surface area contributed by atoms with Crippen LogP contribution in [0.1, 0.15) is 5.56 Å². The molecule has 6 heteroatoms. The van der Waals surface area contributed by atoms with Gasteiger partial charge in [-0.2, -0.15) is 0 Å². The molecule has 1 aromatic rings. The van der Waals surface area contributed by atoms with E-state index in [1.165, 1.54) is 0 Å². The third kappa shape index (κ3) is 1.94. The molecule has 19 heavy (non-hydrogen) atoms. The first-order valence-corrected chi connectivity index (χ1v) is 5.82. The monoisotopic (exact) mass is 255 g/mol. The molecule has 0 spiro atoms. The average molecular weight is 255 g/mol. The van der Waals surface area contributed by atoms with Gasteiger partial charge in [0.15, 0.2) is 17.5 Å². The highest BCUT2D eigenvalue weighted by atomic mass is 16.3. The summed E-state index contributed by atoms with van der Waals surface area (Å²) in [5, 5.41) is 13.0. The quantitative estimate of drug-likeness (QED) is 0.631. The standard InChI is InChI=1S/C13H13N5O/c1-18-7-15-9-6-11(14)16-12(17-13(9)18)8-4-2-3-5-10(8)19/h2-5,15,19H,7,14H2,1H3. The molecule has 6 nitrogen and oxygen atoms in total. The topological polar surface area (TPSA) is 86.2 Å². The van der Waals surface area contributed by atoms with Gasteiger partial charge >= 0.3 is 0 Å². The van der Waals surface area contributed by atoms with Gasteiger partial charge in [0.1, 0.15) is 11.4 Å². The van der Waals surface area contributed by atoms with Crippen LogP contribution in [0.25, 0.3) is 0 Å². The van der Waals surface area contributed by atoms with E-state index in [0.717, 1.165) is 0 Å². The van der Waals surface area contributed by atoms with Crippen LogP contribution in [-0.2, 0) is 0 Å². The molecule has 0 atom stereocenters. The number of nitrogens with zero attached hydrogens (tertiary/aromatic N) is 3. The summed E-state index contributed by atoms with van der Waals surface area (Å²) in [5.74, 6) is 1.44. The molecule has 0 saturated carbocycles. The number of aliphatic imine (C=N–C) groups is 2. The Labute approximate surface area is 110 Å². The van der Waals surface area contributed by atoms with Crippen molar-refractivity contribution in [2.45, 2.75) is 0 Å². The van der Waals surface area contributed by atoms with Crippen molar-refractivity contribution in [1.29, 1.82) is 0 Å². The number of likely N-dealkylation sites (N-methyl/N-ethyl adjacent to an activating group) is 1. The Kier molecular flexibility index (Phi) is 2.51. The van der Waals surface area contributed by atoms with Crippen LogP contribution >= 0.6 is 0 Å². The summed E-state index contributed by atoms with van der Waals surface area (Å²) in [6.07, 6.45) is 0. The molecule has 2 heterocycles. The Morgan fingerprint density at radius 1 is 1.37 bits per heavy atom. The summed E-state index contributed by atoms with van der Waals surface area (Å²) in [6.45, 7) is 0.641. The maximum absolute atomic E-state index is 9.89. The molecule has 2 aliphatic rings. The lowest BCUT2D eigenvalue weighted by atomic mass is 10.2. The SMILES string of the molecule is CN1CNC2=C=C(N)N=C(c3ccccc3O)N=C21. The van der Waals surface area contributed by atoms with Crippen molar-refractivity contribution in [3.05, 3.63) is 47.1 Å². The van der Waals surface area contributed by atoms with Gasteiger partial charge in [-0.3, -0.25) is 0 Å². The Morgan fingerprint density at radius 2 is 2.16 bits per heavy atom. The number of fused-ring (bicyclic) bond motifs is 1. The van der Waals surface area contributed by atoms with Crippen LogP contribution in [-0.4, -0.2) is 35.4 Å². The van der Waals surface area contributed by atoms with E-state index in [-0.39, 0.29) is 11.6 Å². The summed E-state index contributed by atoms with van der Waals surface area (Å²) in [4.78, 5) is 10.6. The largest absolute Gasteiger partial charge is 0.507 e. The first-order valence-electron chi connectivity index (χ1n) is 5.82. The Balaban J connectivity index is 2.15. The average Bonchev–Trinajstić information content (AvgIpc) is 2.62. The van der Waals surface area contributed by atoms with Crippen molar-refractivity contribution < 1.29 is 5.11 Å². The molecule has 0 bridgehead atoms. The number of benzene rings is 1. The second kappa shape index (κ2) is 4.19. The van der Waals surface area contributed by atoms with Crippen molar-refractivity contribution in [2.24, 2.45) is 15.7 Å². The highest BCUT2D eigenvalue weighted by Gasteiger charge is 2.23. The van der Waals surface area contributed by atoms with Gasteiger partial charge in [0, 0.05) is 7.05 Å². The van der Waals surface area contributed by atoms with Gasteiger partial charge in [0.2, 0.25) is 0 Å². The van der Waals surface area contributed by atoms with Crippen LogP contribution in [0.3, 0.4) is 0 Å². The number of phenols is 1. The van der Waals surface area contributed by atoms with Crippen LogP contribution in [0.5, 0.6) is 5.75 Å². The molecule has 4 N–H and O–H groups in total. The normalized spacial score (nSPS) is 17.6. The minimum Gasteiger partial charge on any atom is -0.507 e. The van der Waals surface area contributed by atoms with Gasteiger partial charge < -0.3 is 21.1 Å². The number of aromatic hydroxyl groups is 1. The number of hydrogen-bond donors (Lipinski definition) is 3. The van der Waals surface area contributed by atoms with Crippen LogP contribution < -0.4 is 11.1 Å². The lowest BCUT2D eigenvalue weighted by Crippen LogP contribution is -2.21. The van der Waals surface area contributed by atoms with Crippen LogP contribution in [0, 0.1) is 0 Å². The molecule has 0 amide bonds. The number of rotatable bonds is 1. The van der Waals surface area contributed by atoms with Gasteiger partial charge in [-0.25, -0.2) is 9.98 Å². The van der Waals surface area contributed by atoms with Gasteiger partial charge in [0.25, 0.3) is 0 Å². The van der Waals surface area contributed by atoms with E-state index < -0.39 is 0 Å². The maximum atomic E-state index is 9.89. The number of nitrogens with one attached hydrogen (secondary N) is 1. The molecule has 1 aromatic carbocycles. The van der Waals surface area contributed by atoms with E-state index in [2.05, 4.69) is 21.0 Å². The first-order chi connectivity index (χ1) is 9.15. The van der Waals surface area contributed by atoms with E-state index in [1.807, 2.05) is 18.0 Å². The van der Waals surface area contributed by atoms with Crippen LogP contribution in [0.4, 0.5) is 0 Å². The van der Waals surface area contributed by atoms with Crippen LogP contribution in [0.2, 0.25) is 0 Å². The Morgan fingerprint density at radius 3 is 2.95 bits per heavy atom. The van der Waals surface area contributed by atoms with Crippen molar-refractivity contribution in [3.8, 4) is 5.75 Å². The smallest absolute Gasteiger partial charge is 0.172 e. The van der Waals surface area contributed by atoms with Gasteiger partial charge in [0.05, 0.1) is 12.2 Å². The lowest BCUT2D eigenvalue weighted by molar-refractivity contribution is 0.474. The molecule has 0 aliphatic carbocycles. The molecule has 1 saturated heterocycles. The van der Waals surface area contributed by atoms with E-state index in [0.29, 0.717) is 29.6 Å². The summed E-state index contributed by atoms with van der Waals surface area (Å²) >= 11 is 0. The number of amidine groups is 2. The van der Waals surface area contributed by atoms with Gasteiger partial charge in [-0.15, -0.1) is 0 Å². The summed E-state index contributed by atoms with van der Waals surface area (Å²) in [5.41, 5.74) is 10.0. The molecule has 0 aromatic heterocycles. The molecule has 0 radical (unpaired) electrons. The van der Waals surface area contributed by atoms with E-state index in [1.54, 1.807) is 18.2 Å². The lowest BCUT2D eigenvalue weighted by Gasteiger charge is -2.09. The summed E-state index contributed by atoms with van der Waals surface area (Å²) in [6, 6.07) is 6.90. The van der Waals surface area contributed by atoms with Crippen LogP contribution in [0.15, 0.2) is 51.5 Å². The maximum Gasteiger partial charge on any atom is 0.172 e. The molecule has 1 fully saturated rings. The van der Waals surface area contributed by atoms with Crippen molar-refractivity contribution in [3.63, 3.8) is 0 Å². The molecule has 3 rings (SSSR count). The van der Waals surface area contributed by atoms with Gasteiger partial charge in [-0.1, -0.05) is 12.1 Å². The predicted octanol–water partition coefficient (Wildman–Crippen LogP) is 0.326. The fraction of sp³-hybridized carbons (Fsp3) is 0.154. The number of phenolic OH excluding ortho intramolecular Hbond substituents is 1. The molecular weight excluding hydrogens is 242 g/mol. The summed E-state index contributed by atoms with van der Waals surface area (Å²) < 4.78 is 0. The van der Waals surface area contributed by atoms with E-state index >= 15 is 0 Å². The van der Waals surface area contributed by atoms with Gasteiger partial charge in [-0.05, 0) is 17.9 Å². The highest BCUT2D eigenvalue weighted by molar-refractivity contribution is 6.13. The van der Waals surface area contributed by atoms with E-state index in [9.17, 15) is 5.11 Å². The van der Waals surface area contributed by atoms with E-state index in [4.69, 9.17) is 5.73 Å². The highest BCUT2D eigenvalue weighted by Crippen LogP contribution is 2.20. The molecule has 0 unspecified atom stereocenters. The second-order valence-electron chi connectivity index (χ2n) is 4.31. The number of hydrogen-bond acceptors (Lipinski definition) is 6. The Hall–Kier alpha value is -2.72. The first kappa shape index (κ1) is 11.4. The fourth-order valence-electron chi connectivity index (χ4n) is 1.96. The molecule has 2 aliphatic heterocycles. The zero-order valence-corrected chi connectivity index (χ0v) is 10.4. The minimum absolute atomic E-state index is 0.121.